The number of pyridine rings is 1. The molecule has 0 aliphatic carbocycles. The largest absolute Gasteiger partial charge is 0.409 e. The number of oxime groups is 1. The number of amidine groups is 1. The fraction of sp³-hybridized carbons (Fsp3) is 0.250. The highest BCUT2D eigenvalue weighted by atomic mass is 16.4. The van der Waals surface area contributed by atoms with Crippen molar-refractivity contribution in [3.8, 4) is 0 Å². The molecule has 2 rings (SSSR count). The number of hydrogen-bond donors (Lipinski definition) is 2. The minimum Gasteiger partial charge on any atom is -0.409 e. The molecule has 5 nitrogen and oxygen atoms in total. The molecule has 0 amide bonds. The summed E-state index contributed by atoms with van der Waals surface area (Å²) in [7, 11) is 1.92. The number of nitrogens with two attached hydrogens (primary N) is 1. The number of benzene rings is 1. The Hall–Kier alpha value is -2.56. The zero-order chi connectivity index (χ0) is 15.6. The van der Waals surface area contributed by atoms with E-state index in [1.807, 2.05) is 63.1 Å². The number of aryl methyl sites for hydroxylation is 3. The van der Waals surface area contributed by atoms with E-state index in [-0.39, 0.29) is 5.84 Å². The number of anilines is 2. The SMILES string of the molecule is Cc1ccc(N(C)c2nc(C)cc(C)c2C(N)=NO)cc1. The van der Waals surface area contributed by atoms with Crippen LogP contribution in [-0.4, -0.2) is 23.1 Å². The van der Waals surface area contributed by atoms with E-state index in [9.17, 15) is 0 Å². The molecule has 1 aromatic heterocycles. The molecule has 0 fully saturated rings. The molecule has 0 saturated heterocycles. The van der Waals surface area contributed by atoms with E-state index < -0.39 is 0 Å². The molecule has 0 aliphatic rings. The van der Waals surface area contributed by atoms with Gasteiger partial charge in [-0.3, -0.25) is 0 Å². The van der Waals surface area contributed by atoms with Crippen LogP contribution in [0.15, 0.2) is 35.5 Å². The molecular weight excluding hydrogens is 264 g/mol. The van der Waals surface area contributed by atoms with Crippen molar-refractivity contribution in [1.29, 1.82) is 0 Å². The minimum atomic E-state index is 0.0639. The van der Waals surface area contributed by atoms with Crippen LogP contribution in [0.25, 0.3) is 0 Å². The molecule has 0 saturated carbocycles. The van der Waals surface area contributed by atoms with E-state index in [0.29, 0.717) is 11.4 Å². The molecule has 1 heterocycles. The first kappa shape index (κ1) is 14.8. The summed E-state index contributed by atoms with van der Waals surface area (Å²) in [5.74, 6) is 0.737. The van der Waals surface area contributed by atoms with Crippen LogP contribution in [0.3, 0.4) is 0 Å². The van der Waals surface area contributed by atoms with E-state index in [4.69, 9.17) is 10.9 Å². The minimum absolute atomic E-state index is 0.0639. The van der Waals surface area contributed by atoms with Crippen molar-refractivity contribution < 1.29 is 5.21 Å². The lowest BCUT2D eigenvalue weighted by Gasteiger charge is -2.23. The zero-order valence-electron chi connectivity index (χ0n) is 12.8. The maximum absolute atomic E-state index is 9.01. The molecule has 0 spiro atoms. The van der Waals surface area contributed by atoms with Gasteiger partial charge in [0.15, 0.2) is 5.84 Å². The highest BCUT2D eigenvalue weighted by molar-refractivity contribution is 6.03. The van der Waals surface area contributed by atoms with Gasteiger partial charge in [0.1, 0.15) is 5.82 Å². The van der Waals surface area contributed by atoms with Crippen molar-refractivity contribution in [1.82, 2.24) is 4.98 Å². The van der Waals surface area contributed by atoms with Crippen LogP contribution < -0.4 is 10.6 Å². The average molecular weight is 284 g/mol. The van der Waals surface area contributed by atoms with Crippen LogP contribution >= 0.6 is 0 Å². The predicted molar refractivity (Wildman–Crippen MR) is 85.5 cm³/mol. The fourth-order valence-corrected chi connectivity index (χ4v) is 2.32. The Bertz CT molecular complexity index is 677. The molecule has 110 valence electrons. The Labute approximate surface area is 124 Å². The maximum Gasteiger partial charge on any atom is 0.174 e. The number of hydrogen-bond acceptors (Lipinski definition) is 4. The molecule has 0 aliphatic heterocycles. The second kappa shape index (κ2) is 5.83. The molecular formula is C16H20N4O. The molecule has 0 radical (unpaired) electrons. The second-order valence-corrected chi connectivity index (χ2v) is 5.16. The molecule has 0 atom stereocenters. The van der Waals surface area contributed by atoms with Crippen molar-refractivity contribution in [3.63, 3.8) is 0 Å². The third kappa shape index (κ3) is 2.97. The van der Waals surface area contributed by atoms with Gasteiger partial charge in [0.25, 0.3) is 0 Å². The quantitative estimate of drug-likeness (QED) is 0.393. The third-order valence-electron chi connectivity index (χ3n) is 3.43. The van der Waals surface area contributed by atoms with Crippen molar-refractivity contribution in [2.24, 2.45) is 10.9 Å². The lowest BCUT2D eigenvalue weighted by molar-refractivity contribution is 0.318. The van der Waals surface area contributed by atoms with Gasteiger partial charge in [-0.1, -0.05) is 22.9 Å². The summed E-state index contributed by atoms with van der Waals surface area (Å²) < 4.78 is 0. The lowest BCUT2D eigenvalue weighted by Crippen LogP contribution is -2.22. The molecule has 0 unspecified atom stereocenters. The van der Waals surface area contributed by atoms with Gasteiger partial charge in [-0.25, -0.2) is 4.98 Å². The van der Waals surface area contributed by atoms with Gasteiger partial charge in [-0.2, -0.15) is 0 Å². The second-order valence-electron chi connectivity index (χ2n) is 5.16. The first-order valence-corrected chi connectivity index (χ1v) is 6.70. The Kier molecular flexibility index (Phi) is 4.12. The van der Waals surface area contributed by atoms with Gasteiger partial charge in [0, 0.05) is 18.4 Å². The molecule has 5 heteroatoms. The Morgan fingerprint density at radius 3 is 2.38 bits per heavy atom. The smallest absolute Gasteiger partial charge is 0.174 e. The average Bonchev–Trinajstić information content (AvgIpc) is 2.45. The highest BCUT2D eigenvalue weighted by Gasteiger charge is 2.17. The topological polar surface area (TPSA) is 74.7 Å². The van der Waals surface area contributed by atoms with Crippen molar-refractivity contribution in [2.45, 2.75) is 20.8 Å². The summed E-state index contributed by atoms with van der Waals surface area (Å²) in [6, 6.07) is 10.0. The Morgan fingerprint density at radius 1 is 1.19 bits per heavy atom. The van der Waals surface area contributed by atoms with Crippen molar-refractivity contribution >= 4 is 17.3 Å². The highest BCUT2D eigenvalue weighted by Crippen LogP contribution is 2.28. The monoisotopic (exact) mass is 284 g/mol. The number of rotatable bonds is 3. The fourth-order valence-electron chi connectivity index (χ4n) is 2.32. The first-order valence-electron chi connectivity index (χ1n) is 6.70. The Morgan fingerprint density at radius 2 is 1.81 bits per heavy atom. The van der Waals surface area contributed by atoms with Crippen molar-refractivity contribution in [2.75, 3.05) is 11.9 Å². The van der Waals surface area contributed by atoms with Crippen LogP contribution in [0.1, 0.15) is 22.4 Å². The summed E-state index contributed by atoms with van der Waals surface area (Å²) in [4.78, 5) is 6.49. The molecule has 2 aromatic rings. The van der Waals surface area contributed by atoms with E-state index >= 15 is 0 Å². The first-order chi connectivity index (χ1) is 9.93. The molecule has 21 heavy (non-hydrogen) atoms. The summed E-state index contributed by atoms with van der Waals surface area (Å²) >= 11 is 0. The summed E-state index contributed by atoms with van der Waals surface area (Å²) in [6.45, 7) is 5.89. The van der Waals surface area contributed by atoms with Gasteiger partial charge in [0.05, 0.1) is 5.56 Å². The van der Waals surface area contributed by atoms with Crippen LogP contribution in [0.2, 0.25) is 0 Å². The molecule has 0 bridgehead atoms. The van der Waals surface area contributed by atoms with E-state index in [0.717, 1.165) is 16.9 Å². The van der Waals surface area contributed by atoms with Crippen molar-refractivity contribution in [3.05, 3.63) is 52.7 Å². The van der Waals surface area contributed by atoms with Gasteiger partial charge < -0.3 is 15.8 Å². The molecule has 3 N–H and O–H groups in total. The van der Waals surface area contributed by atoms with Crippen LogP contribution in [0, 0.1) is 20.8 Å². The number of aromatic nitrogens is 1. The van der Waals surface area contributed by atoms with Crippen LogP contribution in [0.5, 0.6) is 0 Å². The normalized spacial score (nSPS) is 11.5. The predicted octanol–water partition coefficient (Wildman–Crippen LogP) is 2.87. The standard InChI is InChI=1S/C16H20N4O/c1-10-5-7-13(8-6-10)20(4)16-14(15(17)19-21)11(2)9-12(3)18-16/h5-9,21H,1-4H3,(H2,17,19). The van der Waals surface area contributed by atoms with Gasteiger partial charge in [-0.05, 0) is 44.5 Å². The summed E-state index contributed by atoms with van der Waals surface area (Å²) in [6.07, 6.45) is 0. The van der Waals surface area contributed by atoms with Crippen LogP contribution in [-0.2, 0) is 0 Å². The van der Waals surface area contributed by atoms with E-state index in [2.05, 4.69) is 10.1 Å². The maximum atomic E-state index is 9.01. The van der Waals surface area contributed by atoms with Gasteiger partial charge >= 0.3 is 0 Å². The van der Waals surface area contributed by atoms with Gasteiger partial charge in [0.2, 0.25) is 0 Å². The van der Waals surface area contributed by atoms with E-state index in [1.165, 1.54) is 5.56 Å². The van der Waals surface area contributed by atoms with Gasteiger partial charge in [-0.15, -0.1) is 0 Å². The molecule has 1 aromatic carbocycles. The summed E-state index contributed by atoms with van der Waals surface area (Å²) in [5, 5.41) is 12.1. The zero-order valence-corrected chi connectivity index (χ0v) is 12.8. The van der Waals surface area contributed by atoms with Crippen LogP contribution in [0.4, 0.5) is 11.5 Å². The van der Waals surface area contributed by atoms with E-state index in [1.54, 1.807) is 0 Å². The summed E-state index contributed by atoms with van der Waals surface area (Å²) in [5.41, 5.74) is 10.5. The Balaban J connectivity index is 2.59. The third-order valence-corrected chi connectivity index (χ3v) is 3.43. The number of nitrogens with zero attached hydrogens (tertiary/aromatic N) is 3. The lowest BCUT2D eigenvalue weighted by atomic mass is 10.1.